The number of halogens is 1. The van der Waals surface area contributed by atoms with Gasteiger partial charge in [0.25, 0.3) is 0 Å². The maximum absolute atomic E-state index is 9.29. The van der Waals surface area contributed by atoms with Gasteiger partial charge in [0.15, 0.2) is 0 Å². The molecular formula is C10H14BrNO. The van der Waals surface area contributed by atoms with Gasteiger partial charge in [-0.3, -0.25) is 0 Å². The predicted molar refractivity (Wildman–Crippen MR) is 57.5 cm³/mol. The van der Waals surface area contributed by atoms with Gasteiger partial charge in [-0.2, -0.15) is 0 Å². The third-order valence-corrected chi connectivity index (χ3v) is 2.95. The molecule has 0 aliphatic carbocycles. The van der Waals surface area contributed by atoms with Crippen LogP contribution in [0.3, 0.4) is 0 Å². The molecule has 3 heteroatoms. The van der Waals surface area contributed by atoms with Crippen molar-refractivity contribution in [1.29, 1.82) is 0 Å². The predicted octanol–water partition coefficient (Wildman–Crippen LogP) is 2.14. The number of aliphatic hydroxyl groups excluding tert-OH is 1. The molecular weight excluding hydrogens is 230 g/mol. The van der Waals surface area contributed by atoms with E-state index in [2.05, 4.69) is 15.9 Å². The van der Waals surface area contributed by atoms with Crippen molar-refractivity contribution in [2.24, 2.45) is 5.73 Å². The van der Waals surface area contributed by atoms with Gasteiger partial charge in [0, 0.05) is 4.47 Å². The summed E-state index contributed by atoms with van der Waals surface area (Å²) in [5.74, 6) is 0. The van der Waals surface area contributed by atoms with E-state index in [1.807, 2.05) is 25.1 Å². The highest BCUT2D eigenvalue weighted by molar-refractivity contribution is 9.10. The molecule has 0 amide bonds. The molecule has 0 fully saturated rings. The molecule has 72 valence electrons. The van der Waals surface area contributed by atoms with Crippen LogP contribution in [-0.4, -0.2) is 11.2 Å². The lowest BCUT2D eigenvalue weighted by molar-refractivity contribution is 0.164. The molecule has 0 aliphatic rings. The molecule has 0 aromatic heterocycles. The fourth-order valence-corrected chi connectivity index (χ4v) is 1.49. The lowest BCUT2D eigenvalue weighted by Crippen LogP contribution is -2.23. The molecule has 2 atom stereocenters. The highest BCUT2D eigenvalue weighted by Crippen LogP contribution is 2.22. The zero-order valence-electron chi connectivity index (χ0n) is 7.79. The first kappa shape index (κ1) is 10.7. The van der Waals surface area contributed by atoms with Crippen LogP contribution in [0.1, 0.15) is 24.1 Å². The molecule has 13 heavy (non-hydrogen) atoms. The molecule has 0 bridgehead atoms. The Hall–Kier alpha value is -0.380. The van der Waals surface area contributed by atoms with E-state index < -0.39 is 6.10 Å². The minimum Gasteiger partial charge on any atom is -0.391 e. The monoisotopic (exact) mass is 243 g/mol. The number of hydrogen-bond acceptors (Lipinski definition) is 2. The molecule has 0 aliphatic heterocycles. The second kappa shape index (κ2) is 4.22. The maximum atomic E-state index is 9.29. The van der Waals surface area contributed by atoms with E-state index >= 15 is 0 Å². The minimum atomic E-state index is -0.519. The Labute approximate surface area is 86.9 Å². The van der Waals surface area contributed by atoms with E-state index in [1.165, 1.54) is 5.56 Å². The van der Waals surface area contributed by atoms with Crippen molar-refractivity contribution in [2.75, 3.05) is 0 Å². The molecule has 3 N–H and O–H groups in total. The maximum Gasteiger partial charge on any atom is 0.0704 e. The van der Waals surface area contributed by atoms with Gasteiger partial charge in [0.2, 0.25) is 0 Å². The summed E-state index contributed by atoms with van der Waals surface area (Å²) in [6, 6.07) is 5.57. The number of benzene rings is 1. The fourth-order valence-electron chi connectivity index (χ4n) is 1.09. The van der Waals surface area contributed by atoms with Gasteiger partial charge in [-0.1, -0.05) is 28.1 Å². The van der Waals surface area contributed by atoms with Crippen molar-refractivity contribution < 1.29 is 5.11 Å². The Morgan fingerprint density at radius 2 is 2.08 bits per heavy atom. The molecule has 0 heterocycles. The van der Waals surface area contributed by atoms with Crippen molar-refractivity contribution >= 4 is 15.9 Å². The summed E-state index contributed by atoms with van der Waals surface area (Å²) in [4.78, 5) is 0. The number of rotatable bonds is 2. The molecule has 0 radical (unpaired) electrons. The van der Waals surface area contributed by atoms with Gasteiger partial charge >= 0.3 is 0 Å². The molecule has 0 saturated carbocycles. The molecule has 1 rings (SSSR count). The lowest BCUT2D eigenvalue weighted by atomic mass is 10.0. The van der Waals surface area contributed by atoms with Crippen molar-refractivity contribution in [1.82, 2.24) is 0 Å². The third kappa shape index (κ3) is 2.53. The van der Waals surface area contributed by atoms with Crippen LogP contribution in [0.2, 0.25) is 0 Å². The van der Waals surface area contributed by atoms with E-state index in [9.17, 15) is 5.11 Å². The first-order chi connectivity index (χ1) is 6.02. The minimum absolute atomic E-state index is 0.308. The first-order valence-electron chi connectivity index (χ1n) is 4.22. The number of hydrogen-bond donors (Lipinski definition) is 2. The lowest BCUT2D eigenvalue weighted by Gasteiger charge is -2.15. The first-order valence-corrected chi connectivity index (χ1v) is 5.01. The molecule has 1 aromatic rings. The van der Waals surface area contributed by atoms with Crippen molar-refractivity contribution in [3.05, 3.63) is 33.8 Å². The van der Waals surface area contributed by atoms with Crippen LogP contribution in [0.4, 0.5) is 0 Å². The van der Waals surface area contributed by atoms with Crippen LogP contribution in [0.15, 0.2) is 22.7 Å². The summed E-state index contributed by atoms with van der Waals surface area (Å²) in [5, 5.41) is 9.29. The molecule has 0 spiro atoms. The topological polar surface area (TPSA) is 46.2 Å². The second-order valence-electron chi connectivity index (χ2n) is 3.28. The highest BCUT2D eigenvalue weighted by Gasteiger charge is 2.12. The van der Waals surface area contributed by atoms with Crippen LogP contribution in [0.25, 0.3) is 0 Å². The van der Waals surface area contributed by atoms with Crippen LogP contribution in [0.5, 0.6) is 0 Å². The standard InChI is InChI=1S/C10H14BrNO/c1-6-3-4-8(5-9(6)11)10(12)7(2)13/h3-5,7,10,13H,12H2,1-2H3/t7-,10-/m1/s1. The van der Waals surface area contributed by atoms with Crippen molar-refractivity contribution in [3.8, 4) is 0 Å². The van der Waals surface area contributed by atoms with Gasteiger partial charge in [-0.15, -0.1) is 0 Å². The molecule has 0 saturated heterocycles. The summed E-state index contributed by atoms with van der Waals surface area (Å²) < 4.78 is 1.03. The van der Waals surface area contributed by atoms with Crippen LogP contribution < -0.4 is 5.73 Å². The van der Waals surface area contributed by atoms with Gasteiger partial charge in [-0.25, -0.2) is 0 Å². The summed E-state index contributed by atoms with van der Waals surface area (Å²) >= 11 is 3.43. The van der Waals surface area contributed by atoms with E-state index in [0.29, 0.717) is 0 Å². The van der Waals surface area contributed by atoms with E-state index in [-0.39, 0.29) is 6.04 Å². The fraction of sp³-hybridized carbons (Fsp3) is 0.400. The smallest absolute Gasteiger partial charge is 0.0704 e. The molecule has 0 unspecified atom stereocenters. The second-order valence-corrected chi connectivity index (χ2v) is 4.13. The average Bonchev–Trinajstić information content (AvgIpc) is 2.08. The van der Waals surface area contributed by atoms with Gasteiger partial charge in [0.1, 0.15) is 0 Å². The van der Waals surface area contributed by atoms with Crippen LogP contribution in [0, 0.1) is 6.92 Å². The van der Waals surface area contributed by atoms with E-state index in [1.54, 1.807) is 6.92 Å². The van der Waals surface area contributed by atoms with Crippen molar-refractivity contribution in [3.63, 3.8) is 0 Å². The Balaban J connectivity index is 2.97. The Bertz CT molecular complexity index is 299. The Morgan fingerprint density at radius 3 is 2.54 bits per heavy atom. The Morgan fingerprint density at radius 1 is 1.46 bits per heavy atom. The number of nitrogens with two attached hydrogens (primary N) is 1. The SMILES string of the molecule is Cc1ccc([C@H](N)[C@@H](C)O)cc1Br. The number of aliphatic hydroxyl groups is 1. The number of aryl methyl sites for hydroxylation is 1. The summed E-state index contributed by atoms with van der Waals surface area (Å²) in [7, 11) is 0. The van der Waals surface area contributed by atoms with E-state index in [0.717, 1.165) is 10.0 Å². The summed E-state index contributed by atoms with van der Waals surface area (Å²) in [5.41, 5.74) is 7.91. The highest BCUT2D eigenvalue weighted by atomic mass is 79.9. The molecule has 2 nitrogen and oxygen atoms in total. The van der Waals surface area contributed by atoms with E-state index in [4.69, 9.17) is 5.73 Å². The quantitative estimate of drug-likeness (QED) is 0.837. The Kier molecular flexibility index (Phi) is 3.47. The summed E-state index contributed by atoms with van der Waals surface area (Å²) in [6.45, 7) is 3.71. The van der Waals surface area contributed by atoms with Gasteiger partial charge in [0.05, 0.1) is 12.1 Å². The van der Waals surface area contributed by atoms with Gasteiger partial charge in [-0.05, 0) is 31.0 Å². The average molecular weight is 244 g/mol. The largest absolute Gasteiger partial charge is 0.391 e. The third-order valence-electron chi connectivity index (χ3n) is 2.10. The normalized spacial score (nSPS) is 15.5. The van der Waals surface area contributed by atoms with Crippen molar-refractivity contribution in [2.45, 2.75) is 26.0 Å². The van der Waals surface area contributed by atoms with Crippen LogP contribution in [-0.2, 0) is 0 Å². The molecule has 1 aromatic carbocycles. The van der Waals surface area contributed by atoms with Crippen LogP contribution >= 0.6 is 15.9 Å². The summed E-state index contributed by atoms with van der Waals surface area (Å²) in [6.07, 6.45) is -0.519. The zero-order chi connectivity index (χ0) is 10.0. The van der Waals surface area contributed by atoms with Gasteiger partial charge < -0.3 is 10.8 Å². The zero-order valence-corrected chi connectivity index (χ0v) is 9.38.